The summed E-state index contributed by atoms with van der Waals surface area (Å²) in [6, 6.07) is 9.78. The van der Waals surface area contributed by atoms with Gasteiger partial charge in [-0.1, -0.05) is 44.2 Å². The van der Waals surface area contributed by atoms with Crippen LogP contribution in [0.2, 0.25) is 0 Å². The summed E-state index contributed by atoms with van der Waals surface area (Å²) in [5.41, 5.74) is 7.45. The summed E-state index contributed by atoms with van der Waals surface area (Å²) in [4.78, 5) is 12.9. The maximum atomic E-state index is 12.9. The minimum atomic E-state index is -0.673. The molecule has 1 heterocycles. The summed E-state index contributed by atoms with van der Waals surface area (Å²) in [6.07, 6.45) is 7.43. The number of benzene rings is 1. The highest BCUT2D eigenvalue weighted by molar-refractivity contribution is 6.47. The third-order valence-corrected chi connectivity index (χ3v) is 8.82. The summed E-state index contributed by atoms with van der Waals surface area (Å²) in [6.45, 7) is 7.21. The fraction of sp³-hybridized carbons (Fsp3) is 0.731. The lowest BCUT2D eigenvalue weighted by molar-refractivity contribution is -0.199. The summed E-state index contributed by atoms with van der Waals surface area (Å²) < 4.78 is 18.9. The smallest absolute Gasteiger partial charge is 0.404 e. The summed E-state index contributed by atoms with van der Waals surface area (Å²) in [7, 11) is -0.438. The Balaban J connectivity index is 1.24. The monoisotopic (exact) mass is 454 g/mol. The van der Waals surface area contributed by atoms with Gasteiger partial charge in [-0.2, -0.15) is 0 Å². The molecule has 6 rings (SSSR count). The molecule has 1 saturated heterocycles. The van der Waals surface area contributed by atoms with E-state index in [0.717, 1.165) is 38.5 Å². The molecule has 4 aliphatic carbocycles. The molecule has 1 aromatic carbocycles. The number of rotatable bonds is 10. The molecule has 1 aliphatic heterocycles. The Labute approximate surface area is 198 Å². The van der Waals surface area contributed by atoms with Crippen LogP contribution in [0.3, 0.4) is 0 Å². The molecule has 0 aromatic heterocycles. The first-order valence-electron chi connectivity index (χ1n) is 12.8. The van der Waals surface area contributed by atoms with E-state index in [2.05, 4.69) is 50.4 Å². The van der Waals surface area contributed by atoms with Crippen LogP contribution in [0.25, 0.3) is 0 Å². The Hall–Kier alpha value is -1.41. The maximum absolute atomic E-state index is 12.9. The molecule has 3 N–H and O–H groups in total. The number of amides is 1. The summed E-state index contributed by atoms with van der Waals surface area (Å²) in [5, 5.41) is 3.17. The third-order valence-electron chi connectivity index (χ3n) is 8.82. The standard InChI is InChI=1S/C26H39BN2O4/c1-25(2)18-14-21(25)26(3)22(15-18)32-27(33-26)23(11-7-10-17-8-5-4-6-9-17)29-24(30)20(28)16-31-19-12-13-19/h4-6,8-9,18-23H,7,10-16,28H2,1-3H3,(H,29,30)/t18-,20+,21-,22+,23-,26-/m0/s1. The van der Waals surface area contributed by atoms with E-state index in [9.17, 15) is 4.79 Å². The highest BCUT2D eigenvalue weighted by Crippen LogP contribution is 2.65. The average molecular weight is 454 g/mol. The van der Waals surface area contributed by atoms with E-state index in [0.29, 0.717) is 11.8 Å². The number of carbonyl (C=O) groups is 1. The Morgan fingerprint density at radius 1 is 1.24 bits per heavy atom. The van der Waals surface area contributed by atoms with Crippen molar-refractivity contribution in [1.82, 2.24) is 5.32 Å². The summed E-state index contributed by atoms with van der Waals surface area (Å²) in [5.74, 6) is 0.781. The Bertz CT molecular complexity index is 848. The maximum Gasteiger partial charge on any atom is 0.481 e. The molecule has 4 saturated carbocycles. The third kappa shape index (κ3) is 4.62. The van der Waals surface area contributed by atoms with Gasteiger partial charge in [0.25, 0.3) is 0 Å². The van der Waals surface area contributed by atoms with Crippen LogP contribution >= 0.6 is 0 Å². The molecule has 6 nitrogen and oxygen atoms in total. The van der Waals surface area contributed by atoms with Gasteiger partial charge in [0.05, 0.1) is 30.4 Å². The molecule has 5 aliphatic rings. The van der Waals surface area contributed by atoms with Crippen LogP contribution in [0.4, 0.5) is 0 Å². The van der Waals surface area contributed by atoms with Crippen molar-refractivity contribution in [2.75, 3.05) is 6.61 Å². The predicted molar refractivity (Wildman–Crippen MR) is 128 cm³/mol. The number of nitrogens with one attached hydrogen (secondary N) is 1. The highest BCUT2D eigenvalue weighted by atomic mass is 16.7. The normalized spacial score (nSPS) is 33.7. The first-order valence-corrected chi connectivity index (χ1v) is 12.8. The number of ether oxygens (including phenoxy) is 1. The zero-order valence-electron chi connectivity index (χ0n) is 20.3. The quantitative estimate of drug-likeness (QED) is 0.531. The van der Waals surface area contributed by atoms with E-state index in [1.165, 1.54) is 12.0 Å². The number of hydrogen-bond donors (Lipinski definition) is 2. The molecule has 1 amide bonds. The van der Waals surface area contributed by atoms with Gasteiger partial charge in [-0.3, -0.25) is 4.79 Å². The Kier molecular flexibility index (Phi) is 6.36. The lowest BCUT2D eigenvalue weighted by Gasteiger charge is -2.64. The minimum Gasteiger partial charge on any atom is -0.404 e. The van der Waals surface area contributed by atoms with Crippen molar-refractivity contribution in [2.45, 2.75) is 95.5 Å². The van der Waals surface area contributed by atoms with E-state index in [1.807, 2.05) is 6.07 Å². The number of aryl methyl sites for hydroxylation is 1. The fourth-order valence-electron chi connectivity index (χ4n) is 6.36. The SMILES string of the molecule is CC1(C)[C@@H]2C[C@H]3OB([C@H](CCCc4ccccc4)NC(=O)[C@H](N)COC4CC4)O[C@@]3(C)[C@H]1C2. The molecule has 6 atom stereocenters. The number of hydrogen-bond acceptors (Lipinski definition) is 5. The molecule has 33 heavy (non-hydrogen) atoms. The van der Waals surface area contributed by atoms with E-state index < -0.39 is 13.2 Å². The van der Waals surface area contributed by atoms with Crippen LogP contribution in [-0.4, -0.2) is 49.4 Å². The van der Waals surface area contributed by atoms with Gasteiger partial charge >= 0.3 is 7.12 Å². The van der Waals surface area contributed by atoms with Crippen molar-refractivity contribution in [1.29, 1.82) is 0 Å². The first kappa shape index (κ1) is 23.3. The van der Waals surface area contributed by atoms with Crippen molar-refractivity contribution in [2.24, 2.45) is 23.0 Å². The number of carbonyl (C=O) groups excluding carboxylic acids is 1. The zero-order valence-corrected chi connectivity index (χ0v) is 20.3. The highest BCUT2D eigenvalue weighted by Gasteiger charge is 2.68. The van der Waals surface area contributed by atoms with Crippen LogP contribution in [-0.2, 0) is 25.3 Å². The van der Waals surface area contributed by atoms with Crippen molar-refractivity contribution < 1.29 is 18.8 Å². The molecule has 7 heteroatoms. The lowest BCUT2D eigenvalue weighted by atomic mass is 9.43. The van der Waals surface area contributed by atoms with Gasteiger partial charge in [0.2, 0.25) is 5.91 Å². The average Bonchev–Trinajstić information content (AvgIpc) is 3.55. The van der Waals surface area contributed by atoms with Crippen LogP contribution in [0, 0.1) is 17.3 Å². The molecule has 2 bridgehead atoms. The minimum absolute atomic E-state index is 0.0969. The molecule has 0 unspecified atom stereocenters. The van der Waals surface area contributed by atoms with Gasteiger partial charge in [-0.25, -0.2) is 0 Å². The first-order chi connectivity index (χ1) is 15.8. The molecule has 0 radical (unpaired) electrons. The van der Waals surface area contributed by atoms with Gasteiger partial charge in [-0.15, -0.1) is 0 Å². The topological polar surface area (TPSA) is 82.8 Å². The van der Waals surface area contributed by atoms with Gasteiger partial charge in [0.15, 0.2) is 0 Å². The molecular formula is C26H39BN2O4. The van der Waals surface area contributed by atoms with E-state index >= 15 is 0 Å². The van der Waals surface area contributed by atoms with E-state index in [1.54, 1.807) is 0 Å². The molecule has 180 valence electrons. The summed E-state index contributed by atoms with van der Waals surface area (Å²) >= 11 is 0. The molecular weight excluding hydrogens is 415 g/mol. The molecule has 1 aromatic rings. The van der Waals surface area contributed by atoms with Crippen LogP contribution < -0.4 is 11.1 Å². The Morgan fingerprint density at radius 2 is 2.00 bits per heavy atom. The number of nitrogens with two attached hydrogens (primary N) is 1. The lowest BCUT2D eigenvalue weighted by Crippen LogP contribution is -2.65. The molecule has 0 spiro atoms. The fourth-order valence-corrected chi connectivity index (χ4v) is 6.36. The second-order valence-electron chi connectivity index (χ2n) is 11.5. The van der Waals surface area contributed by atoms with E-state index in [-0.39, 0.29) is 41.7 Å². The van der Waals surface area contributed by atoms with Crippen molar-refractivity contribution in [3.8, 4) is 0 Å². The van der Waals surface area contributed by atoms with Crippen molar-refractivity contribution >= 4 is 13.0 Å². The second kappa shape index (κ2) is 8.99. The predicted octanol–water partition coefficient (Wildman–Crippen LogP) is 3.27. The Morgan fingerprint density at radius 3 is 2.70 bits per heavy atom. The van der Waals surface area contributed by atoms with Crippen molar-refractivity contribution in [3.05, 3.63) is 35.9 Å². The van der Waals surface area contributed by atoms with Crippen LogP contribution in [0.1, 0.15) is 64.9 Å². The van der Waals surface area contributed by atoms with Gasteiger partial charge < -0.3 is 25.1 Å². The zero-order chi connectivity index (χ0) is 23.2. The van der Waals surface area contributed by atoms with Crippen LogP contribution in [0.15, 0.2) is 30.3 Å². The van der Waals surface area contributed by atoms with Crippen molar-refractivity contribution in [3.63, 3.8) is 0 Å². The van der Waals surface area contributed by atoms with Gasteiger partial charge in [0.1, 0.15) is 6.04 Å². The largest absolute Gasteiger partial charge is 0.481 e. The van der Waals surface area contributed by atoms with Crippen LogP contribution in [0.5, 0.6) is 0 Å². The molecule has 5 fully saturated rings. The van der Waals surface area contributed by atoms with E-state index in [4.69, 9.17) is 19.8 Å². The van der Waals surface area contributed by atoms with Gasteiger partial charge in [0, 0.05) is 0 Å². The van der Waals surface area contributed by atoms with Gasteiger partial charge in [-0.05, 0) is 74.7 Å². The second-order valence-corrected chi connectivity index (χ2v) is 11.5.